The Morgan fingerprint density at radius 3 is 2.74 bits per heavy atom. The number of carbonyl (C=O) groups is 2. The molecule has 0 bridgehead atoms. The van der Waals surface area contributed by atoms with E-state index in [2.05, 4.69) is 22.5 Å². The molecule has 0 unspecified atom stereocenters. The molecule has 3 amide bonds. The van der Waals surface area contributed by atoms with Crippen LogP contribution in [0.2, 0.25) is 0 Å². The molecule has 2 rings (SSSR count). The highest BCUT2D eigenvalue weighted by molar-refractivity contribution is 7.14. The van der Waals surface area contributed by atoms with Crippen molar-refractivity contribution in [2.45, 2.75) is 0 Å². The van der Waals surface area contributed by atoms with Crippen LogP contribution in [0.25, 0.3) is 0 Å². The van der Waals surface area contributed by atoms with E-state index < -0.39 is 5.91 Å². The highest BCUT2D eigenvalue weighted by Gasteiger charge is 2.07. The van der Waals surface area contributed by atoms with Crippen LogP contribution >= 0.6 is 11.3 Å². The Labute approximate surface area is 137 Å². The molecule has 2 aromatic rings. The minimum atomic E-state index is -0.555. The van der Waals surface area contributed by atoms with Crippen molar-refractivity contribution in [3.05, 3.63) is 47.3 Å². The lowest BCUT2D eigenvalue weighted by atomic mass is 10.2. The molecule has 0 saturated heterocycles. The van der Waals surface area contributed by atoms with Gasteiger partial charge in [0.15, 0.2) is 0 Å². The number of anilines is 1. The van der Waals surface area contributed by atoms with Crippen molar-refractivity contribution in [3.63, 3.8) is 0 Å². The van der Waals surface area contributed by atoms with Gasteiger partial charge in [0.25, 0.3) is 5.91 Å². The number of urea groups is 1. The van der Waals surface area contributed by atoms with E-state index in [-0.39, 0.29) is 19.2 Å². The van der Waals surface area contributed by atoms with Gasteiger partial charge in [-0.1, -0.05) is 24.0 Å². The minimum Gasteiger partial charge on any atom is -0.480 e. The molecule has 0 saturated carbocycles. The summed E-state index contributed by atoms with van der Waals surface area (Å²) in [5.74, 6) is 5.34. The number of benzene rings is 1. The van der Waals surface area contributed by atoms with E-state index in [9.17, 15) is 9.59 Å². The van der Waals surface area contributed by atoms with E-state index in [1.165, 1.54) is 11.3 Å². The third-order valence-electron chi connectivity index (χ3n) is 2.67. The van der Waals surface area contributed by atoms with Crippen LogP contribution in [0.1, 0.15) is 10.4 Å². The molecule has 1 aromatic heterocycles. The zero-order chi connectivity index (χ0) is 16.5. The Hall–Kier alpha value is -2.98. The lowest BCUT2D eigenvalue weighted by Gasteiger charge is -2.05. The second-order valence-electron chi connectivity index (χ2n) is 4.29. The maximum absolute atomic E-state index is 11.5. The zero-order valence-corrected chi connectivity index (χ0v) is 13.0. The lowest BCUT2D eigenvalue weighted by Crippen LogP contribution is -2.28. The van der Waals surface area contributed by atoms with E-state index in [1.54, 1.807) is 30.3 Å². The molecule has 4 N–H and O–H groups in total. The van der Waals surface area contributed by atoms with Crippen molar-refractivity contribution >= 4 is 28.3 Å². The summed E-state index contributed by atoms with van der Waals surface area (Å²) < 4.78 is 5.39. The Kier molecular flexibility index (Phi) is 6.03. The van der Waals surface area contributed by atoms with Gasteiger partial charge in [-0.05, 0) is 29.6 Å². The maximum Gasteiger partial charge on any atom is 0.320 e. The number of primary amides is 1. The van der Waals surface area contributed by atoms with Gasteiger partial charge in [0.1, 0.15) is 12.4 Å². The molecule has 0 aliphatic carbocycles. The Morgan fingerprint density at radius 2 is 2.00 bits per heavy atom. The molecule has 0 radical (unpaired) electrons. The quantitative estimate of drug-likeness (QED) is 0.733. The summed E-state index contributed by atoms with van der Waals surface area (Å²) in [6, 6.07) is 10.0. The normalized spacial score (nSPS) is 9.39. The fourth-order valence-electron chi connectivity index (χ4n) is 1.65. The van der Waals surface area contributed by atoms with Gasteiger partial charge < -0.3 is 15.8 Å². The van der Waals surface area contributed by atoms with Gasteiger partial charge in [0, 0.05) is 0 Å². The standard InChI is InChI=1S/C16H15N3O3S/c17-15(20)12-6-1-2-7-13(12)22-10-4-3-9-18-16(21)19-14-8-5-11-23-14/h1-2,5-8,11H,9-10H2,(H2,17,20)(H2,18,19,21). The number of para-hydroxylation sites is 1. The monoisotopic (exact) mass is 329 g/mol. The number of ether oxygens (including phenoxy) is 1. The number of carbonyl (C=O) groups excluding carboxylic acids is 2. The number of rotatable bonds is 5. The number of nitrogens with one attached hydrogen (secondary N) is 2. The summed E-state index contributed by atoms with van der Waals surface area (Å²) in [5, 5.41) is 7.92. The summed E-state index contributed by atoms with van der Waals surface area (Å²) in [4.78, 5) is 22.7. The van der Waals surface area contributed by atoms with Gasteiger partial charge in [-0.25, -0.2) is 4.79 Å². The zero-order valence-electron chi connectivity index (χ0n) is 12.2. The Morgan fingerprint density at radius 1 is 1.17 bits per heavy atom. The molecule has 7 heteroatoms. The fourth-order valence-corrected chi connectivity index (χ4v) is 2.27. The van der Waals surface area contributed by atoms with Crippen LogP contribution in [-0.2, 0) is 0 Å². The van der Waals surface area contributed by atoms with Crippen molar-refractivity contribution in [2.24, 2.45) is 5.73 Å². The second kappa shape index (κ2) is 8.46. The number of thiophene rings is 1. The summed E-state index contributed by atoms with van der Waals surface area (Å²) in [6.45, 7) is 0.288. The summed E-state index contributed by atoms with van der Waals surface area (Å²) in [5.41, 5.74) is 5.55. The van der Waals surface area contributed by atoms with Gasteiger partial charge in [-0.3, -0.25) is 10.1 Å². The van der Waals surface area contributed by atoms with Crippen molar-refractivity contribution in [1.29, 1.82) is 0 Å². The highest BCUT2D eigenvalue weighted by Crippen LogP contribution is 2.16. The summed E-state index contributed by atoms with van der Waals surface area (Å²) >= 11 is 1.43. The first kappa shape index (κ1) is 16.4. The van der Waals surface area contributed by atoms with Crippen molar-refractivity contribution < 1.29 is 14.3 Å². The van der Waals surface area contributed by atoms with Crippen LogP contribution in [0, 0.1) is 11.8 Å². The third-order valence-corrected chi connectivity index (χ3v) is 3.46. The van der Waals surface area contributed by atoms with Crippen molar-refractivity contribution in [2.75, 3.05) is 18.5 Å². The van der Waals surface area contributed by atoms with Gasteiger partial charge in [0.05, 0.1) is 17.1 Å². The first-order valence-corrected chi connectivity index (χ1v) is 7.60. The topological polar surface area (TPSA) is 93.5 Å². The molecule has 0 atom stereocenters. The SMILES string of the molecule is NC(=O)c1ccccc1OCC#CCNC(=O)Nc1cccs1. The summed E-state index contributed by atoms with van der Waals surface area (Å²) in [6.07, 6.45) is 0. The molecule has 1 heterocycles. The smallest absolute Gasteiger partial charge is 0.320 e. The van der Waals surface area contributed by atoms with Crippen molar-refractivity contribution in [3.8, 4) is 17.6 Å². The summed E-state index contributed by atoms with van der Waals surface area (Å²) in [7, 11) is 0. The molecule has 1 aromatic carbocycles. The molecule has 118 valence electrons. The third kappa shape index (κ3) is 5.37. The first-order chi connectivity index (χ1) is 11.2. The first-order valence-electron chi connectivity index (χ1n) is 6.72. The molecule has 6 nitrogen and oxygen atoms in total. The molecule has 23 heavy (non-hydrogen) atoms. The molecular weight excluding hydrogens is 314 g/mol. The Balaban J connectivity index is 1.72. The van der Waals surface area contributed by atoms with Gasteiger partial charge >= 0.3 is 6.03 Å². The second-order valence-corrected chi connectivity index (χ2v) is 5.24. The van der Waals surface area contributed by atoms with E-state index in [1.807, 2.05) is 11.4 Å². The maximum atomic E-state index is 11.5. The van der Waals surface area contributed by atoms with E-state index in [4.69, 9.17) is 10.5 Å². The van der Waals surface area contributed by atoms with Crippen LogP contribution < -0.4 is 21.1 Å². The number of hydrogen-bond donors (Lipinski definition) is 3. The Bertz CT molecular complexity index is 733. The number of hydrogen-bond acceptors (Lipinski definition) is 4. The molecule has 0 aliphatic heterocycles. The van der Waals surface area contributed by atoms with E-state index in [0.717, 1.165) is 5.00 Å². The number of nitrogens with two attached hydrogens (primary N) is 1. The molecule has 0 aliphatic rings. The van der Waals surface area contributed by atoms with Crippen LogP contribution in [0.5, 0.6) is 5.75 Å². The fraction of sp³-hybridized carbons (Fsp3) is 0.125. The van der Waals surface area contributed by atoms with Gasteiger partial charge in [0.2, 0.25) is 0 Å². The van der Waals surface area contributed by atoms with E-state index >= 15 is 0 Å². The van der Waals surface area contributed by atoms with Gasteiger partial charge in [-0.15, -0.1) is 11.3 Å². The molecule has 0 spiro atoms. The lowest BCUT2D eigenvalue weighted by molar-refractivity contribution is 0.0997. The van der Waals surface area contributed by atoms with E-state index in [0.29, 0.717) is 11.3 Å². The average Bonchev–Trinajstić information content (AvgIpc) is 3.03. The highest BCUT2D eigenvalue weighted by atomic mass is 32.1. The largest absolute Gasteiger partial charge is 0.480 e. The van der Waals surface area contributed by atoms with Crippen LogP contribution in [0.15, 0.2) is 41.8 Å². The van der Waals surface area contributed by atoms with Crippen LogP contribution in [-0.4, -0.2) is 25.1 Å². The molecule has 0 fully saturated rings. The van der Waals surface area contributed by atoms with Crippen LogP contribution in [0.3, 0.4) is 0 Å². The minimum absolute atomic E-state index is 0.0958. The van der Waals surface area contributed by atoms with Crippen molar-refractivity contribution in [1.82, 2.24) is 5.32 Å². The predicted molar refractivity (Wildman–Crippen MR) is 89.6 cm³/mol. The van der Waals surface area contributed by atoms with Gasteiger partial charge in [-0.2, -0.15) is 0 Å². The molecular formula is C16H15N3O3S. The predicted octanol–water partition coefficient (Wildman–Crippen LogP) is 2.05. The average molecular weight is 329 g/mol. The number of amides is 3. The van der Waals surface area contributed by atoms with Crippen LogP contribution in [0.4, 0.5) is 9.80 Å².